The molecule has 0 fully saturated rings. The van der Waals surface area contributed by atoms with Crippen LogP contribution in [-0.2, 0) is 32.7 Å². The maximum Gasteiger partial charge on any atom is 0 e. The Balaban J connectivity index is 0.00000128. The predicted octanol–water partition coefficient (Wildman–Crippen LogP) is 3.86. The van der Waals surface area contributed by atoms with E-state index in [2.05, 4.69) is 37.3 Å². The smallest absolute Gasteiger partial charge is 0 e. The van der Waals surface area contributed by atoms with Crippen molar-refractivity contribution in [2.75, 3.05) is 0 Å². The summed E-state index contributed by atoms with van der Waals surface area (Å²) in [5.74, 6) is 0. The molecule has 0 aliphatic carbocycles. The molecule has 0 N–H and O–H groups in total. The average molecular weight is 282 g/mol. The Bertz CT molecular complexity index is 441. The van der Waals surface area contributed by atoms with Gasteiger partial charge in [0.05, 0.1) is 0 Å². The third-order valence-electron chi connectivity index (χ3n) is 2.26. The number of hydrogen-bond acceptors (Lipinski definition) is 0. The van der Waals surface area contributed by atoms with Crippen molar-refractivity contribution in [1.82, 2.24) is 0 Å². The van der Waals surface area contributed by atoms with E-state index in [0.717, 1.165) is 5.56 Å². The fourth-order valence-corrected chi connectivity index (χ4v) is 1.36. The summed E-state index contributed by atoms with van der Waals surface area (Å²) in [5.41, 5.74) is 3.58. The van der Waals surface area contributed by atoms with Crippen molar-refractivity contribution < 1.29 is 32.7 Å². The van der Waals surface area contributed by atoms with Gasteiger partial charge in [-0.25, -0.2) is 0 Å². The molecule has 0 atom stereocenters. The zero-order valence-corrected chi connectivity index (χ0v) is 12.2. The van der Waals surface area contributed by atoms with Gasteiger partial charge in [0.1, 0.15) is 0 Å². The summed E-state index contributed by atoms with van der Waals surface area (Å²) in [6.45, 7) is 2.09. The van der Waals surface area contributed by atoms with Crippen LogP contribution in [0.4, 0.5) is 0 Å². The first-order chi connectivity index (χ1) is 7.34. The molecule has 0 bridgehead atoms. The van der Waals surface area contributed by atoms with Crippen LogP contribution in [0.1, 0.15) is 16.7 Å². The molecule has 0 spiro atoms. The Kier molecular flexibility index (Phi) is 5.66. The van der Waals surface area contributed by atoms with Gasteiger partial charge in [0.2, 0.25) is 0 Å². The summed E-state index contributed by atoms with van der Waals surface area (Å²) >= 11 is 0. The molecule has 0 aliphatic heterocycles. The SMILES string of the molecule is Cc1ccc(C=[C-]c2ccccc2)cc1.[Y]. The monoisotopic (exact) mass is 282 g/mol. The second kappa shape index (κ2) is 6.78. The van der Waals surface area contributed by atoms with Crippen molar-refractivity contribution in [2.24, 2.45) is 0 Å². The van der Waals surface area contributed by atoms with Crippen LogP contribution >= 0.6 is 0 Å². The average Bonchev–Trinajstić information content (AvgIpc) is 2.30. The predicted molar refractivity (Wildman–Crippen MR) is 64.4 cm³/mol. The van der Waals surface area contributed by atoms with Crippen LogP contribution in [-0.4, -0.2) is 0 Å². The van der Waals surface area contributed by atoms with Crippen molar-refractivity contribution in [3.05, 3.63) is 77.4 Å². The van der Waals surface area contributed by atoms with Gasteiger partial charge in [-0.15, -0.1) is 42.0 Å². The molecule has 77 valence electrons. The van der Waals surface area contributed by atoms with E-state index in [9.17, 15) is 0 Å². The van der Waals surface area contributed by atoms with Crippen LogP contribution in [0.15, 0.2) is 54.6 Å². The van der Waals surface area contributed by atoms with Gasteiger partial charge in [-0.2, -0.15) is 0 Å². The summed E-state index contributed by atoms with van der Waals surface area (Å²) in [4.78, 5) is 0. The molecule has 0 aliphatic rings. The molecule has 16 heavy (non-hydrogen) atoms. The maximum absolute atomic E-state index is 3.26. The molecule has 2 aromatic carbocycles. The number of aryl methyl sites for hydroxylation is 1. The molecular weight excluding hydrogens is 269 g/mol. The summed E-state index contributed by atoms with van der Waals surface area (Å²) in [5, 5.41) is 0. The second-order valence-corrected chi connectivity index (χ2v) is 3.57. The summed E-state index contributed by atoms with van der Waals surface area (Å²) in [6.07, 6.45) is 5.26. The van der Waals surface area contributed by atoms with Gasteiger partial charge in [0.25, 0.3) is 0 Å². The van der Waals surface area contributed by atoms with Crippen LogP contribution in [0.2, 0.25) is 0 Å². The van der Waals surface area contributed by atoms with Crippen molar-refractivity contribution in [3.63, 3.8) is 0 Å². The van der Waals surface area contributed by atoms with Gasteiger partial charge in [-0.1, -0.05) is 41.5 Å². The normalized spacial score (nSPS) is 10.1. The maximum atomic E-state index is 3.26. The minimum absolute atomic E-state index is 0. The first-order valence-electron chi connectivity index (χ1n) is 5.06. The first-order valence-corrected chi connectivity index (χ1v) is 5.06. The largest absolute Gasteiger partial charge is 0.150 e. The van der Waals surface area contributed by atoms with E-state index < -0.39 is 0 Å². The summed E-state index contributed by atoms with van der Waals surface area (Å²) in [6, 6.07) is 18.6. The van der Waals surface area contributed by atoms with Crippen LogP contribution in [0.3, 0.4) is 0 Å². The third-order valence-corrected chi connectivity index (χ3v) is 2.26. The van der Waals surface area contributed by atoms with Gasteiger partial charge >= 0.3 is 0 Å². The zero-order chi connectivity index (χ0) is 10.5. The van der Waals surface area contributed by atoms with E-state index in [1.54, 1.807) is 0 Å². The number of benzene rings is 2. The van der Waals surface area contributed by atoms with Crippen molar-refractivity contribution in [1.29, 1.82) is 0 Å². The van der Waals surface area contributed by atoms with E-state index in [4.69, 9.17) is 0 Å². The second-order valence-electron chi connectivity index (χ2n) is 3.57. The van der Waals surface area contributed by atoms with Crippen molar-refractivity contribution >= 4 is 6.08 Å². The third kappa shape index (κ3) is 4.04. The molecule has 0 unspecified atom stereocenters. The molecule has 0 saturated heterocycles. The minimum Gasteiger partial charge on any atom is -0.150 e. The Morgan fingerprint density at radius 1 is 0.875 bits per heavy atom. The Morgan fingerprint density at radius 3 is 2.12 bits per heavy atom. The Labute approximate surface area is 122 Å². The van der Waals surface area contributed by atoms with Crippen molar-refractivity contribution in [2.45, 2.75) is 6.92 Å². The molecule has 1 heteroatoms. The number of hydrogen-bond donors (Lipinski definition) is 0. The molecule has 0 amide bonds. The number of rotatable bonds is 2. The quantitative estimate of drug-likeness (QED) is 0.579. The standard InChI is InChI=1S/C15H13.Y/c1-13-7-9-15(10-8-13)12-11-14-5-3-2-4-6-14;/h2-10,12H,1H3;/q-1;. The Hall–Kier alpha value is -0.716. The molecule has 0 heterocycles. The van der Waals surface area contributed by atoms with Gasteiger partial charge < -0.3 is 0 Å². The fourth-order valence-electron chi connectivity index (χ4n) is 1.36. The van der Waals surface area contributed by atoms with Crippen LogP contribution in [0.5, 0.6) is 0 Å². The van der Waals surface area contributed by atoms with Gasteiger partial charge in [0.15, 0.2) is 0 Å². The van der Waals surface area contributed by atoms with Gasteiger partial charge in [-0.05, 0) is 6.92 Å². The van der Waals surface area contributed by atoms with Crippen LogP contribution in [0, 0.1) is 13.0 Å². The summed E-state index contributed by atoms with van der Waals surface area (Å²) in [7, 11) is 0. The molecular formula is C15H13Y-. The van der Waals surface area contributed by atoms with Gasteiger partial charge in [-0.3, -0.25) is 0 Å². The van der Waals surface area contributed by atoms with E-state index in [1.165, 1.54) is 11.1 Å². The van der Waals surface area contributed by atoms with E-state index in [-0.39, 0.29) is 32.7 Å². The molecule has 0 aromatic heterocycles. The van der Waals surface area contributed by atoms with Crippen LogP contribution in [0.25, 0.3) is 6.08 Å². The fraction of sp³-hybridized carbons (Fsp3) is 0.0667. The van der Waals surface area contributed by atoms with E-state index in [0.29, 0.717) is 0 Å². The molecule has 0 nitrogen and oxygen atoms in total. The molecule has 1 radical (unpaired) electrons. The first kappa shape index (κ1) is 13.3. The van der Waals surface area contributed by atoms with E-state index >= 15 is 0 Å². The molecule has 2 aromatic rings. The summed E-state index contributed by atoms with van der Waals surface area (Å²) < 4.78 is 0. The Morgan fingerprint density at radius 2 is 1.50 bits per heavy atom. The minimum atomic E-state index is 0. The van der Waals surface area contributed by atoms with E-state index in [1.807, 2.05) is 36.4 Å². The van der Waals surface area contributed by atoms with Gasteiger partial charge in [0, 0.05) is 32.7 Å². The van der Waals surface area contributed by atoms with Crippen molar-refractivity contribution in [3.8, 4) is 0 Å². The zero-order valence-electron chi connectivity index (χ0n) is 9.35. The molecule has 2 rings (SSSR count). The molecule has 0 saturated carbocycles. The topological polar surface area (TPSA) is 0 Å². The van der Waals surface area contributed by atoms with Crippen LogP contribution < -0.4 is 0 Å².